The van der Waals surface area contributed by atoms with Crippen LogP contribution >= 0.6 is 0 Å². The minimum absolute atomic E-state index is 0.0613. The van der Waals surface area contributed by atoms with Crippen molar-refractivity contribution < 1.29 is 32.7 Å². The van der Waals surface area contributed by atoms with E-state index in [0.29, 0.717) is 50.3 Å². The fourth-order valence-electron chi connectivity index (χ4n) is 5.66. The van der Waals surface area contributed by atoms with Gasteiger partial charge >= 0.3 is 6.09 Å². The highest BCUT2D eigenvalue weighted by atomic mass is 19.2. The standard InChI is InChI=1S/C29H36F2N4O5/c1-17-22(18(2)33(6)23(17)25(37)32-19-7-8-20(30)21(31)15-19)24(36)26(38)35-14-11-29(16-35)9-12-34(13-10-29)27(39)40-28(3,4)5/h7-8,15H,9-14,16H2,1-6H3,(H,32,37). The van der Waals surface area contributed by atoms with Crippen molar-refractivity contribution in [1.82, 2.24) is 14.4 Å². The average molecular weight is 559 g/mol. The molecule has 4 rings (SSSR count). The third-order valence-corrected chi connectivity index (χ3v) is 7.95. The number of ketones is 1. The molecule has 0 aliphatic carbocycles. The van der Waals surface area contributed by atoms with Gasteiger partial charge in [-0.2, -0.15) is 0 Å². The third-order valence-electron chi connectivity index (χ3n) is 7.95. The molecule has 1 aromatic carbocycles. The topological polar surface area (TPSA) is 101 Å². The monoisotopic (exact) mass is 558 g/mol. The summed E-state index contributed by atoms with van der Waals surface area (Å²) < 4.78 is 33.9. The van der Waals surface area contributed by atoms with Crippen LogP contribution in [0.2, 0.25) is 0 Å². The molecule has 1 N–H and O–H groups in total. The molecule has 216 valence electrons. The Kier molecular flexibility index (Phi) is 7.79. The lowest BCUT2D eigenvalue weighted by molar-refractivity contribution is -0.126. The Labute approximate surface area is 232 Å². The van der Waals surface area contributed by atoms with Crippen molar-refractivity contribution in [3.05, 3.63) is 52.3 Å². The number of nitrogens with one attached hydrogen (secondary N) is 1. The number of amides is 3. The molecule has 2 aliphatic rings. The molecule has 2 saturated heterocycles. The number of hydrogen-bond donors (Lipinski definition) is 1. The molecular weight excluding hydrogens is 522 g/mol. The van der Waals surface area contributed by atoms with Crippen LogP contribution in [0.5, 0.6) is 0 Å². The van der Waals surface area contributed by atoms with Crippen LogP contribution in [0.25, 0.3) is 0 Å². The number of ether oxygens (including phenoxy) is 1. The predicted molar refractivity (Wildman–Crippen MR) is 144 cm³/mol. The number of carbonyl (C=O) groups is 4. The molecule has 40 heavy (non-hydrogen) atoms. The highest BCUT2D eigenvalue weighted by Crippen LogP contribution is 2.41. The second kappa shape index (κ2) is 10.7. The van der Waals surface area contributed by atoms with Crippen LogP contribution in [-0.4, -0.2) is 69.8 Å². The lowest BCUT2D eigenvalue weighted by Gasteiger charge is -2.39. The number of piperidine rings is 1. The van der Waals surface area contributed by atoms with E-state index in [4.69, 9.17) is 4.74 Å². The van der Waals surface area contributed by atoms with Gasteiger partial charge < -0.3 is 24.4 Å². The Hall–Kier alpha value is -3.76. The summed E-state index contributed by atoms with van der Waals surface area (Å²) in [5.74, 6) is -4.07. The van der Waals surface area contributed by atoms with Crippen LogP contribution in [0, 0.1) is 30.9 Å². The number of rotatable bonds is 4. The lowest BCUT2D eigenvalue weighted by Crippen LogP contribution is -2.46. The van der Waals surface area contributed by atoms with Crippen molar-refractivity contribution in [1.29, 1.82) is 0 Å². The predicted octanol–water partition coefficient (Wildman–Crippen LogP) is 4.60. The van der Waals surface area contributed by atoms with Gasteiger partial charge in [0.05, 0.1) is 5.56 Å². The zero-order chi connectivity index (χ0) is 29.6. The van der Waals surface area contributed by atoms with Gasteiger partial charge in [0, 0.05) is 50.7 Å². The molecule has 0 saturated carbocycles. The summed E-state index contributed by atoms with van der Waals surface area (Å²) in [7, 11) is 1.60. The second-order valence-corrected chi connectivity index (χ2v) is 11.8. The number of anilines is 1. The maximum absolute atomic E-state index is 13.6. The smallest absolute Gasteiger partial charge is 0.410 e. The molecule has 1 spiro atoms. The molecule has 11 heteroatoms. The Balaban J connectivity index is 1.44. The quantitative estimate of drug-likeness (QED) is 0.437. The van der Waals surface area contributed by atoms with Crippen molar-refractivity contribution in [2.75, 3.05) is 31.5 Å². The van der Waals surface area contributed by atoms with Crippen molar-refractivity contribution in [2.45, 2.75) is 59.5 Å². The Morgan fingerprint density at radius 3 is 2.12 bits per heavy atom. The Morgan fingerprint density at radius 2 is 1.55 bits per heavy atom. The van der Waals surface area contributed by atoms with Gasteiger partial charge in [0.15, 0.2) is 11.6 Å². The van der Waals surface area contributed by atoms with Gasteiger partial charge in [-0.3, -0.25) is 14.4 Å². The molecule has 9 nitrogen and oxygen atoms in total. The van der Waals surface area contributed by atoms with E-state index in [2.05, 4.69) is 5.32 Å². The first kappa shape index (κ1) is 29.2. The number of Topliss-reactive ketones (excluding diaryl/α,β-unsaturated/α-hetero) is 1. The highest BCUT2D eigenvalue weighted by molar-refractivity contribution is 6.43. The fraction of sp³-hybridized carbons (Fsp3) is 0.517. The first-order valence-corrected chi connectivity index (χ1v) is 13.4. The minimum atomic E-state index is -1.10. The van der Waals surface area contributed by atoms with Gasteiger partial charge in [-0.15, -0.1) is 0 Å². The van der Waals surface area contributed by atoms with Crippen molar-refractivity contribution in [2.24, 2.45) is 12.5 Å². The molecule has 2 aliphatic heterocycles. The van der Waals surface area contributed by atoms with Crippen molar-refractivity contribution in [3.8, 4) is 0 Å². The van der Waals surface area contributed by atoms with E-state index in [1.165, 1.54) is 10.6 Å². The SMILES string of the molecule is Cc1c(C(=O)C(=O)N2CCC3(CCN(C(=O)OC(C)(C)C)CC3)C2)c(C)n(C)c1C(=O)Nc1ccc(F)c(F)c1. The van der Waals surface area contributed by atoms with E-state index < -0.39 is 34.8 Å². The zero-order valence-electron chi connectivity index (χ0n) is 23.8. The Morgan fingerprint density at radius 1 is 0.950 bits per heavy atom. The molecular formula is C29H36F2N4O5. The summed E-state index contributed by atoms with van der Waals surface area (Å²) >= 11 is 0. The summed E-state index contributed by atoms with van der Waals surface area (Å²) in [5.41, 5.74) is 0.408. The lowest BCUT2D eigenvalue weighted by atomic mass is 9.78. The van der Waals surface area contributed by atoms with Crippen molar-refractivity contribution in [3.63, 3.8) is 0 Å². The summed E-state index contributed by atoms with van der Waals surface area (Å²) in [6.07, 6.45) is 1.81. The van der Waals surface area contributed by atoms with Gasteiger partial charge in [-0.25, -0.2) is 13.6 Å². The van der Waals surface area contributed by atoms with Crippen LogP contribution in [0.15, 0.2) is 18.2 Å². The number of hydrogen-bond acceptors (Lipinski definition) is 5. The highest BCUT2D eigenvalue weighted by Gasteiger charge is 2.45. The van der Waals surface area contributed by atoms with Crippen LogP contribution in [0.1, 0.15) is 72.1 Å². The summed E-state index contributed by atoms with van der Waals surface area (Å²) in [5, 5.41) is 2.52. The summed E-state index contributed by atoms with van der Waals surface area (Å²) in [6.45, 7) is 10.6. The van der Waals surface area contributed by atoms with E-state index in [1.54, 1.807) is 30.7 Å². The zero-order valence-corrected chi connectivity index (χ0v) is 23.8. The minimum Gasteiger partial charge on any atom is -0.444 e. The van der Waals surface area contributed by atoms with Crippen molar-refractivity contribution >= 4 is 29.4 Å². The third kappa shape index (κ3) is 5.73. The van der Waals surface area contributed by atoms with E-state index >= 15 is 0 Å². The van der Waals surface area contributed by atoms with Gasteiger partial charge in [-0.1, -0.05) is 0 Å². The molecule has 0 bridgehead atoms. The van der Waals surface area contributed by atoms with Gasteiger partial charge in [0.1, 0.15) is 11.3 Å². The molecule has 0 atom stereocenters. The maximum atomic E-state index is 13.6. The fourth-order valence-corrected chi connectivity index (χ4v) is 5.66. The largest absolute Gasteiger partial charge is 0.444 e. The molecule has 2 fully saturated rings. The van der Waals surface area contributed by atoms with Crippen LogP contribution in [-0.2, 0) is 16.6 Å². The van der Waals surface area contributed by atoms with E-state index in [1.807, 2.05) is 20.8 Å². The number of benzene rings is 1. The molecule has 1 aromatic heterocycles. The Bertz CT molecular complexity index is 1370. The second-order valence-electron chi connectivity index (χ2n) is 11.8. The summed E-state index contributed by atoms with van der Waals surface area (Å²) in [4.78, 5) is 55.5. The van der Waals surface area contributed by atoms with Gasteiger partial charge in [0.2, 0.25) is 0 Å². The van der Waals surface area contributed by atoms with Gasteiger partial charge in [-0.05, 0) is 77.0 Å². The first-order chi connectivity index (χ1) is 18.6. The maximum Gasteiger partial charge on any atom is 0.410 e. The molecule has 2 aromatic rings. The molecule has 3 heterocycles. The van der Waals surface area contributed by atoms with Crippen LogP contribution in [0.4, 0.5) is 19.3 Å². The first-order valence-electron chi connectivity index (χ1n) is 13.4. The molecule has 0 radical (unpaired) electrons. The number of carbonyl (C=O) groups excluding carboxylic acids is 4. The normalized spacial score (nSPS) is 16.8. The number of likely N-dealkylation sites (tertiary alicyclic amines) is 2. The number of nitrogens with zero attached hydrogens (tertiary/aromatic N) is 3. The van der Waals surface area contributed by atoms with Crippen LogP contribution in [0.3, 0.4) is 0 Å². The van der Waals surface area contributed by atoms with Gasteiger partial charge in [0.25, 0.3) is 17.6 Å². The molecule has 3 amide bonds. The average Bonchev–Trinajstić information content (AvgIpc) is 3.37. The van der Waals surface area contributed by atoms with Crippen LogP contribution < -0.4 is 5.32 Å². The van der Waals surface area contributed by atoms with E-state index in [-0.39, 0.29) is 28.5 Å². The van der Waals surface area contributed by atoms with E-state index in [0.717, 1.165) is 18.6 Å². The van der Waals surface area contributed by atoms with E-state index in [9.17, 15) is 28.0 Å². The number of halogens is 2. The number of aromatic nitrogens is 1. The summed E-state index contributed by atoms with van der Waals surface area (Å²) in [6, 6.07) is 3.01. The molecule has 0 unspecified atom stereocenters.